The van der Waals surface area contributed by atoms with Crippen LogP contribution in [0.3, 0.4) is 0 Å². The van der Waals surface area contributed by atoms with Crippen molar-refractivity contribution in [3.8, 4) is 0 Å². The van der Waals surface area contributed by atoms with Crippen LogP contribution in [0.4, 0.5) is 0 Å². The van der Waals surface area contributed by atoms with Gasteiger partial charge < -0.3 is 10.2 Å². The Morgan fingerprint density at radius 2 is 2.06 bits per heavy atom. The Hall–Kier alpha value is -0.320. The van der Waals surface area contributed by atoms with Gasteiger partial charge in [0.25, 0.3) is 0 Å². The summed E-state index contributed by atoms with van der Waals surface area (Å²) in [5.74, 6) is 0.314. The Bertz CT molecular complexity index is 238. The lowest BCUT2D eigenvalue weighted by molar-refractivity contribution is -0.133. The van der Waals surface area contributed by atoms with Crippen LogP contribution in [0.5, 0.6) is 0 Å². The molecule has 0 aliphatic carbocycles. The highest BCUT2D eigenvalue weighted by molar-refractivity contribution is 5.85. The zero-order chi connectivity index (χ0) is 11.4. The largest absolute Gasteiger partial charge is 0.342 e. The minimum Gasteiger partial charge on any atom is -0.342 e. The summed E-state index contributed by atoms with van der Waals surface area (Å²) in [7, 11) is 2.07. The van der Waals surface area contributed by atoms with Crippen molar-refractivity contribution in [2.24, 2.45) is 0 Å². The molecule has 1 amide bonds. The molecule has 2 rings (SSSR count). The Labute approximate surface area is 110 Å². The predicted molar refractivity (Wildman–Crippen MR) is 71.6 cm³/mol. The van der Waals surface area contributed by atoms with Crippen LogP contribution < -0.4 is 5.32 Å². The van der Waals surface area contributed by atoms with Crippen LogP contribution in [-0.2, 0) is 4.79 Å². The fourth-order valence-electron chi connectivity index (χ4n) is 2.60. The summed E-state index contributed by atoms with van der Waals surface area (Å²) < 4.78 is 0. The maximum absolute atomic E-state index is 12.0. The molecule has 5 heteroatoms. The first-order valence-electron chi connectivity index (χ1n) is 6.46. The molecular weight excluding hydrogens is 238 g/mol. The maximum atomic E-state index is 12.0. The van der Waals surface area contributed by atoms with Crippen LogP contribution in [0.1, 0.15) is 25.7 Å². The summed E-state index contributed by atoms with van der Waals surface area (Å²) >= 11 is 0. The van der Waals surface area contributed by atoms with Crippen molar-refractivity contribution in [1.29, 1.82) is 0 Å². The van der Waals surface area contributed by atoms with Gasteiger partial charge in [0.15, 0.2) is 0 Å². The van der Waals surface area contributed by atoms with Gasteiger partial charge in [-0.1, -0.05) is 0 Å². The second-order valence-electron chi connectivity index (χ2n) is 5.00. The summed E-state index contributed by atoms with van der Waals surface area (Å²) in [6.07, 6.45) is 4.82. The third kappa shape index (κ3) is 4.12. The topological polar surface area (TPSA) is 35.6 Å². The summed E-state index contributed by atoms with van der Waals surface area (Å²) in [6, 6.07) is 0.550. The van der Waals surface area contributed by atoms with E-state index in [4.69, 9.17) is 0 Å². The number of hydrogen-bond acceptors (Lipinski definition) is 3. The zero-order valence-electron chi connectivity index (χ0n) is 10.7. The van der Waals surface area contributed by atoms with Gasteiger partial charge in [0, 0.05) is 25.7 Å². The van der Waals surface area contributed by atoms with E-state index in [1.165, 1.54) is 25.7 Å². The Morgan fingerprint density at radius 1 is 1.35 bits per heavy atom. The van der Waals surface area contributed by atoms with E-state index in [0.29, 0.717) is 18.5 Å². The van der Waals surface area contributed by atoms with Crippen molar-refractivity contribution < 1.29 is 4.79 Å². The van der Waals surface area contributed by atoms with E-state index in [1.54, 1.807) is 0 Å². The Morgan fingerprint density at radius 3 is 2.65 bits per heavy atom. The molecule has 0 spiro atoms. The molecular formula is C12H24ClN3O. The smallest absolute Gasteiger partial charge is 0.236 e. The van der Waals surface area contributed by atoms with E-state index < -0.39 is 0 Å². The number of nitrogens with one attached hydrogen (secondary N) is 1. The van der Waals surface area contributed by atoms with Gasteiger partial charge in [-0.15, -0.1) is 12.4 Å². The second kappa shape index (κ2) is 7.19. The molecule has 0 radical (unpaired) electrons. The molecule has 1 unspecified atom stereocenters. The van der Waals surface area contributed by atoms with E-state index in [0.717, 1.165) is 26.2 Å². The number of nitrogens with zero attached hydrogens (tertiary/aromatic N) is 2. The monoisotopic (exact) mass is 261 g/mol. The number of rotatable bonds is 3. The molecule has 2 aliphatic heterocycles. The average molecular weight is 262 g/mol. The zero-order valence-corrected chi connectivity index (χ0v) is 11.5. The van der Waals surface area contributed by atoms with Crippen LogP contribution in [0.25, 0.3) is 0 Å². The third-order valence-electron chi connectivity index (χ3n) is 3.75. The quantitative estimate of drug-likeness (QED) is 0.813. The van der Waals surface area contributed by atoms with Gasteiger partial charge in [-0.05, 0) is 39.3 Å². The first-order valence-corrected chi connectivity index (χ1v) is 6.46. The van der Waals surface area contributed by atoms with Crippen LogP contribution in [0.15, 0.2) is 0 Å². The first kappa shape index (κ1) is 14.7. The molecule has 1 atom stereocenters. The molecule has 100 valence electrons. The van der Waals surface area contributed by atoms with Gasteiger partial charge in [-0.3, -0.25) is 9.69 Å². The van der Waals surface area contributed by atoms with Gasteiger partial charge >= 0.3 is 0 Å². The molecule has 1 N–H and O–H groups in total. The van der Waals surface area contributed by atoms with Crippen LogP contribution in [-0.4, -0.2) is 61.5 Å². The molecule has 0 bridgehead atoms. The van der Waals surface area contributed by atoms with Crippen molar-refractivity contribution in [3.63, 3.8) is 0 Å². The van der Waals surface area contributed by atoms with E-state index >= 15 is 0 Å². The number of halogens is 1. The Kier molecular flexibility index (Phi) is 6.23. The van der Waals surface area contributed by atoms with Crippen LogP contribution in [0.2, 0.25) is 0 Å². The average Bonchev–Trinajstić information content (AvgIpc) is 2.83. The SMILES string of the molecule is CN(CC(=O)N1CCCCC1)C1CCNC1.Cl. The van der Waals surface area contributed by atoms with Gasteiger partial charge in [-0.25, -0.2) is 0 Å². The fourth-order valence-corrected chi connectivity index (χ4v) is 2.60. The van der Waals surface area contributed by atoms with Crippen LogP contribution in [0, 0.1) is 0 Å². The third-order valence-corrected chi connectivity index (χ3v) is 3.75. The van der Waals surface area contributed by atoms with E-state index in [9.17, 15) is 4.79 Å². The van der Waals surface area contributed by atoms with Crippen molar-refractivity contribution in [2.45, 2.75) is 31.7 Å². The molecule has 2 heterocycles. The van der Waals surface area contributed by atoms with Crippen LogP contribution >= 0.6 is 12.4 Å². The maximum Gasteiger partial charge on any atom is 0.236 e. The van der Waals surface area contributed by atoms with Gasteiger partial charge in [0.2, 0.25) is 5.91 Å². The highest BCUT2D eigenvalue weighted by Crippen LogP contribution is 2.11. The molecule has 2 saturated heterocycles. The summed E-state index contributed by atoms with van der Waals surface area (Å²) in [5, 5.41) is 3.34. The molecule has 4 nitrogen and oxygen atoms in total. The van der Waals surface area contributed by atoms with Crippen molar-refractivity contribution in [3.05, 3.63) is 0 Å². The summed E-state index contributed by atoms with van der Waals surface area (Å²) in [6.45, 7) is 4.65. The number of amides is 1. The Balaban J connectivity index is 0.00000144. The molecule has 0 aromatic rings. The van der Waals surface area contributed by atoms with E-state index in [-0.39, 0.29) is 12.4 Å². The lowest BCUT2D eigenvalue weighted by atomic mass is 10.1. The second-order valence-corrected chi connectivity index (χ2v) is 5.00. The molecule has 0 aromatic heterocycles. The van der Waals surface area contributed by atoms with E-state index in [2.05, 4.69) is 17.3 Å². The minimum atomic E-state index is 0. The highest BCUT2D eigenvalue weighted by Gasteiger charge is 2.23. The number of carbonyl (C=O) groups is 1. The summed E-state index contributed by atoms with van der Waals surface area (Å²) in [5.41, 5.74) is 0. The minimum absolute atomic E-state index is 0. The van der Waals surface area contributed by atoms with Gasteiger partial charge in [0.1, 0.15) is 0 Å². The number of likely N-dealkylation sites (N-methyl/N-ethyl adjacent to an activating group) is 1. The van der Waals surface area contributed by atoms with Crippen molar-refractivity contribution >= 4 is 18.3 Å². The number of hydrogen-bond donors (Lipinski definition) is 1. The lowest BCUT2D eigenvalue weighted by Crippen LogP contribution is -2.45. The van der Waals surface area contributed by atoms with E-state index in [1.807, 2.05) is 4.90 Å². The van der Waals surface area contributed by atoms with Crippen molar-refractivity contribution in [2.75, 3.05) is 39.8 Å². The normalized spacial score (nSPS) is 24.8. The molecule has 2 aliphatic rings. The predicted octanol–water partition coefficient (Wildman–Crippen LogP) is 0.714. The van der Waals surface area contributed by atoms with Gasteiger partial charge in [0.05, 0.1) is 6.54 Å². The number of likely N-dealkylation sites (tertiary alicyclic amines) is 1. The number of carbonyl (C=O) groups excluding carboxylic acids is 1. The molecule has 2 fully saturated rings. The standard InChI is InChI=1S/C12H23N3O.ClH/c1-14(11-5-6-13-9-11)10-12(16)15-7-3-2-4-8-15;/h11,13H,2-10H2,1H3;1H. The van der Waals surface area contributed by atoms with Crippen molar-refractivity contribution in [1.82, 2.24) is 15.1 Å². The van der Waals surface area contributed by atoms with Gasteiger partial charge in [-0.2, -0.15) is 0 Å². The molecule has 0 aromatic carbocycles. The summed E-state index contributed by atoms with van der Waals surface area (Å²) in [4.78, 5) is 16.3. The lowest BCUT2D eigenvalue weighted by Gasteiger charge is -2.30. The highest BCUT2D eigenvalue weighted by atomic mass is 35.5. The molecule has 0 saturated carbocycles. The number of piperidine rings is 1. The first-order chi connectivity index (χ1) is 7.77. The molecule has 17 heavy (non-hydrogen) atoms. The fraction of sp³-hybridized carbons (Fsp3) is 0.917.